The van der Waals surface area contributed by atoms with Crippen molar-refractivity contribution in [2.24, 2.45) is 0 Å². The normalized spacial score (nSPS) is 18.1. The van der Waals surface area contributed by atoms with E-state index in [-0.39, 0.29) is 30.2 Å². The maximum Gasteiger partial charge on any atom is 0.410 e. The summed E-state index contributed by atoms with van der Waals surface area (Å²) in [5, 5.41) is 0. The highest BCUT2D eigenvalue weighted by atomic mass is 32.2. The minimum atomic E-state index is -3.38. The van der Waals surface area contributed by atoms with E-state index in [9.17, 15) is 13.2 Å². The van der Waals surface area contributed by atoms with Gasteiger partial charge in [0.05, 0.1) is 17.4 Å². The van der Waals surface area contributed by atoms with Crippen LogP contribution in [0.3, 0.4) is 0 Å². The Morgan fingerprint density at radius 2 is 1.49 bits per heavy atom. The van der Waals surface area contributed by atoms with Crippen LogP contribution in [0.5, 0.6) is 11.8 Å². The van der Waals surface area contributed by atoms with E-state index in [0.29, 0.717) is 69.2 Å². The zero-order valence-corrected chi connectivity index (χ0v) is 22.5. The first-order chi connectivity index (χ1) is 17.7. The van der Waals surface area contributed by atoms with Gasteiger partial charge in [-0.3, -0.25) is 0 Å². The van der Waals surface area contributed by atoms with Crippen molar-refractivity contribution in [1.29, 1.82) is 0 Å². The number of likely N-dealkylation sites (tertiary alicyclic amines) is 1. The molecule has 202 valence electrons. The molecule has 0 atom stereocenters. The van der Waals surface area contributed by atoms with Crippen molar-refractivity contribution in [3.05, 3.63) is 47.8 Å². The average Bonchev–Trinajstić information content (AvgIpc) is 2.87. The average molecular weight is 533 g/mol. The molecule has 11 heteroatoms. The van der Waals surface area contributed by atoms with E-state index in [2.05, 4.69) is 9.97 Å². The number of hydrogen-bond donors (Lipinski definition) is 0. The number of piperidine rings is 2. The summed E-state index contributed by atoms with van der Waals surface area (Å²) < 4.78 is 44.8. The van der Waals surface area contributed by atoms with Crippen LogP contribution < -0.4 is 9.47 Å². The van der Waals surface area contributed by atoms with Crippen molar-refractivity contribution in [3.63, 3.8) is 0 Å². The van der Waals surface area contributed by atoms with Gasteiger partial charge in [-0.1, -0.05) is 30.3 Å². The Balaban J connectivity index is 1.28. The molecule has 2 saturated heterocycles. The topological polar surface area (TPSA) is 111 Å². The Morgan fingerprint density at radius 1 is 0.946 bits per heavy atom. The minimum Gasteiger partial charge on any atom is -0.474 e. The number of amides is 1. The number of sulfonamides is 1. The van der Waals surface area contributed by atoms with Crippen LogP contribution in [-0.2, 0) is 20.5 Å². The van der Waals surface area contributed by atoms with Gasteiger partial charge in [0.1, 0.15) is 18.5 Å². The first-order valence-electron chi connectivity index (χ1n) is 12.8. The van der Waals surface area contributed by atoms with E-state index in [1.807, 2.05) is 51.1 Å². The molecule has 1 aromatic heterocycles. The van der Waals surface area contributed by atoms with Crippen molar-refractivity contribution in [1.82, 2.24) is 19.2 Å². The van der Waals surface area contributed by atoms with Crippen LogP contribution in [-0.4, -0.2) is 78.2 Å². The standard InChI is InChI=1S/C26H36N4O6S/c1-19(2)34-26(31)29-13-9-22(10-14-29)35-24-20(3)25(28-18-27-24)36-23-11-15-30(16-12-23)37(32,33)17-21-7-5-4-6-8-21/h4-8,18-19,22-23H,9-17H2,1-3H3. The molecule has 2 aromatic rings. The molecule has 3 heterocycles. The molecule has 0 unspecified atom stereocenters. The lowest BCUT2D eigenvalue weighted by molar-refractivity contribution is 0.0503. The van der Waals surface area contributed by atoms with Crippen LogP contribution in [0.4, 0.5) is 4.79 Å². The molecule has 2 aliphatic rings. The predicted octanol–water partition coefficient (Wildman–Crippen LogP) is 3.55. The smallest absolute Gasteiger partial charge is 0.410 e. The number of aromatic nitrogens is 2. The van der Waals surface area contributed by atoms with Gasteiger partial charge in [-0.05, 0) is 39.2 Å². The van der Waals surface area contributed by atoms with E-state index < -0.39 is 10.0 Å². The highest BCUT2D eigenvalue weighted by molar-refractivity contribution is 7.88. The molecule has 2 fully saturated rings. The van der Waals surface area contributed by atoms with Crippen molar-refractivity contribution in [3.8, 4) is 11.8 Å². The summed E-state index contributed by atoms with van der Waals surface area (Å²) in [6, 6.07) is 9.23. The third kappa shape index (κ3) is 7.32. The number of carbonyl (C=O) groups is 1. The second kappa shape index (κ2) is 12.1. The Bertz CT molecular complexity index is 1140. The molecule has 1 amide bonds. The van der Waals surface area contributed by atoms with Crippen molar-refractivity contribution in [2.45, 2.75) is 70.5 Å². The van der Waals surface area contributed by atoms with Gasteiger partial charge in [-0.2, -0.15) is 0 Å². The number of ether oxygens (including phenoxy) is 3. The van der Waals surface area contributed by atoms with Crippen LogP contribution in [0, 0.1) is 6.92 Å². The molecule has 4 rings (SSSR count). The SMILES string of the molecule is Cc1c(OC2CCN(C(=O)OC(C)C)CC2)ncnc1OC1CCN(S(=O)(=O)Cc2ccccc2)CC1. The summed E-state index contributed by atoms with van der Waals surface area (Å²) in [5.74, 6) is 0.924. The second-order valence-corrected chi connectivity index (χ2v) is 11.8. The molecule has 0 aliphatic carbocycles. The Labute approximate surface area is 219 Å². The summed E-state index contributed by atoms with van der Waals surface area (Å²) in [6.07, 6.45) is 3.31. The number of carbonyl (C=O) groups excluding carboxylic acids is 1. The van der Waals surface area contributed by atoms with Crippen LogP contribution >= 0.6 is 0 Å². The van der Waals surface area contributed by atoms with Gasteiger partial charge >= 0.3 is 6.09 Å². The highest BCUT2D eigenvalue weighted by Gasteiger charge is 2.30. The van der Waals surface area contributed by atoms with Crippen LogP contribution in [0.25, 0.3) is 0 Å². The third-order valence-electron chi connectivity index (χ3n) is 6.57. The van der Waals surface area contributed by atoms with E-state index in [4.69, 9.17) is 14.2 Å². The Hall–Kier alpha value is -2.92. The van der Waals surface area contributed by atoms with E-state index in [1.54, 1.807) is 9.21 Å². The van der Waals surface area contributed by atoms with Gasteiger partial charge in [0.15, 0.2) is 0 Å². The maximum absolute atomic E-state index is 12.8. The van der Waals surface area contributed by atoms with E-state index in [1.165, 1.54) is 6.33 Å². The fourth-order valence-corrected chi connectivity index (χ4v) is 6.07. The second-order valence-electron chi connectivity index (χ2n) is 9.80. The number of benzene rings is 1. The first kappa shape index (κ1) is 27.1. The third-order valence-corrected chi connectivity index (χ3v) is 8.42. The molecule has 0 N–H and O–H groups in total. The zero-order chi connectivity index (χ0) is 26.4. The monoisotopic (exact) mass is 532 g/mol. The molecule has 0 radical (unpaired) electrons. The molecular weight excluding hydrogens is 496 g/mol. The van der Waals surface area contributed by atoms with Crippen LogP contribution in [0.15, 0.2) is 36.7 Å². The fraction of sp³-hybridized carbons (Fsp3) is 0.577. The molecule has 37 heavy (non-hydrogen) atoms. The number of rotatable bonds is 8. The number of nitrogens with zero attached hydrogens (tertiary/aromatic N) is 4. The van der Waals surface area contributed by atoms with Crippen LogP contribution in [0.1, 0.15) is 50.7 Å². The predicted molar refractivity (Wildman–Crippen MR) is 138 cm³/mol. The lowest BCUT2D eigenvalue weighted by Crippen LogP contribution is -2.43. The van der Waals surface area contributed by atoms with Gasteiger partial charge in [0.2, 0.25) is 21.8 Å². The fourth-order valence-electron chi connectivity index (χ4n) is 4.51. The van der Waals surface area contributed by atoms with Gasteiger partial charge in [-0.15, -0.1) is 0 Å². The Kier molecular flexibility index (Phi) is 8.86. The largest absolute Gasteiger partial charge is 0.474 e. The lowest BCUT2D eigenvalue weighted by Gasteiger charge is -2.32. The summed E-state index contributed by atoms with van der Waals surface area (Å²) in [5.41, 5.74) is 1.49. The van der Waals surface area contributed by atoms with Gasteiger partial charge in [-0.25, -0.2) is 27.5 Å². The van der Waals surface area contributed by atoms with Crippen molar-refractivity contribution >= 4 is 16.1 Å². The summed E-state index contributed by atoms with van der Waals surface area (Å²) >= 11 is 0. The van der Waals surface area contributed by atoms with Gasteiger partial charge in [0, 0.05) is 39.0 Å². The minimum absolute atomic E-state index is 0.00290. The molecule has 0 saturated carbocycles. The zero-order valence-electron chi connectivity index (χ0n) is 21.7. The van der Waals surface area contributed by atoms with E-state index >= 15 is 0 Å². The maximum atomic E-state index is 12.8. The Morgan fingerprint density at radius 3 is 2.03 bits per heavy atom. The quantitative estimate of drug-likeness (QED) is 0.508. The van der Waals surface area contributed by atoms with Gasteiger partial charge < -0.3 is 19.1 Å². The summed E-state index contributed by atoms with van der Waals surface area (Å²) in [4.78, 5) is 22.4. The lowest BCUT2D eigenvalue weighted by atomic mass is 10.1. The summed E-state index contributed by atoms with van der Waals surface area (Å²) in [7, 11) is -3.38. The highest BCUT2D eigenvalue weighted by Crippen LogP contribution is 2.28. The molecule has 2 aliphatic heterocycles. The first-order valence-corrected chi connectivity index (χ1v) is 14.4. The van der Waals surface area contributed by atoms with Crippen molar-refractivity contribution < 1.29 is 27.4 Å². The van der Waals surface area contributed by atoms with E-state index in [0.717, 1.165) is 5.56 Å². The molecule has 0 spiro atoms. The molecule has 10 nitrogen and oxygen atoms in total. The number of hydrogen-bond acceptors (Lipinski definition) is 8. The molecule has 1 aromatic carbocycles. The molecule has 0 bridgehead atoms. The van der Waals surface area contributed by atoms with Crippen molar-refractivity contribution in [2.75, 3.05) is 26.2 Å². The van der Waals surface area contributed by atoms with Crippen LogP contribution in [0.2, 0.25) is 0 Å². The summed E-state index contributed by atoms with van der Waals surface area (Å²) in [6.45, 7) is 7.48. The molecular formula is C26H36N4O6S. The van der Waals surface area contributed by atoms with Gasteiger partial charge in [0.25, 0.3) is 0 Å².